The van der Waals surface area contributed by atoms with Gasteiger partial charge in [-0.15, -0.1) is 0 Å². The summed E-state index contributed by atoms with van der Waals surface area (Å²) in [5.74, 6) is -0.398. The van der Waals surface area contributed by atoms with E-state index in [2.05, 4.69) is 29.6 Å². The topological polar surface area (TPSA) is 102 Å². The van der Waals surface area contributed by atoms with Crippen LogP contribution in [0.25, 0.3) is 17.2 Å². The van der Waals surface area contributed by atoms with Gasteiger partial charge in [-0.05, 0) is 33.9 Å². The zero-order valence-electron chi connectivity index (χ0n) is 16.5. The van der Waals surface area contributed by atoms with Crippen molar-refractivity contribution in [3.63, 3.8) is 0 Å². The summed E-state index contributed by atoms with van der Waals surface area (Å²) in [6.07, 6.45) is 2.73. The Hall–Kier alpha value is -4.13. The molecule has 31 heavy (non-hydrogen) atoms. The lowest BCUT2D eigenvalue weighted by molar-refractivity contribution is -0.385. The lowest BCUT2D eigenvalue weighted by Crippen LogP contribution is -2.26. The van der Waals surface area contributed by atoms with Crippen LogP contribution < -0.4 is 5.32 Å². The minimum atomic E-state index is -0.651. The van der Waals surface area contributed by atoms with Gasteiger partial charge >= 0.3 is 11.8 Å². The van der Waals surface area contributed by atoms with E-state index in [0.29, 0.717) is 5.56 Å². The predicted molar refractivity (Wildman–Crippen MR) is 117 cm³/mol. The molecular formula is C24H20N2O5. The van der Waals surface area contributed by atoms with E-state index >= 15 is 0 Å². The summed E-state index contributed by atoms with van der Waals surface area (Å²) < 4.78 is 5.45. The second kappa shape index (κ2) is 8.71. The number of phenols is 1. The van der Waals surface area contributed by atoms with Crippen molar-refractivity contribution in [2.45, 2.75) is 5.92 Å². The quantitative estimate of drug-likeness (QED) is 0.442. The summed E-state index contributed by atoms with van der Waals surface area (Å²) in [6.45, 7) is 0.430. The summed E-state index contributed by atoms with van der Waals surface area (Å²) >= 11 is 0. The fourth-order valence-electron chi connectivity index (χ4n) is 3.78. The molecule has 3 aromatic carbocycles. The number of ether oxygens (including phenoxy) is 1. The maximum absolute atomic E-state index is 12.1. The van der Waals surface area contributed by atoms with Crippen LogP contribution in [0.5, 0.6) is 5.75 Å². The largest absolute Gasteiger partial charge is 0.502 e. The second-order valence-corrected chi connectivity index (χ2v) is 7.11. The first kappa shape index (κ1) is 20.2. The van der Waals surface area contributed by atoms with Crippen LogP contribution in [0.2, 0.25) is 0 Å². The number of hydrogen-bond acceptors (Lipinski definition) is 5. The Morgan fingerprint density at radius 2 is 1.71 bits per heavy atom. The van der Waals surface area contributed by atoms with Gasteiger partial charge < -0.3 is 15.2 Å². The molecule has 4 rings (SSSR count). The van der Waals surface area contributed by atoms with Crippen molar-refractivity contribution in [2.24, 2.45) is 0 Å². The van der Waals surface area contributed by atoms with Crippen LogP contribution in [-0.4, -0.2) is 29.3 Å². The highest BCUT2D eigenvalue weighted by molar-refractivity contribution is 5.79. The van der Waals surface area contributed by atoms with E-state index in [1.165, 1.54) is 12.1 Å². The molecule has 2 N–H and O–H groups in total. The Balaban J connectivity index is 1.33. The van der Waals surface area contributed by atoms with Gasteiger partial charge in [-0.1, -0.05) is 66.7 Å². The SMILES string of the molecule is O=C(NCC=Cc1ccc(O)c([N+](=O)[O-])c1)OCC1c2ccccc2-c2ccccc21. The molecule has 0 aromatic heterocycles. The van der Waals surface area contributed by atoms with Crippen LogP contribution in [0.15, 0.2) is 72.8 Å². The first-order valence-corrected chi connectivity index (χ1v) is 9.77. The molecule has 0 atom stereocenters. The number of carbonyl (C=O) groups excluding carboxylic acids is 1. The van der Waals surface area contributed by atoms with Gasteiger partial charge in [0.2, 0.25) is 0 Å². The van der Waals surface area contributed by atoms with Gasteiger partial charge in [0.1, 0.15) is 6.61 Å². The fourth-order valence-corrected chi connectivity index (χ4v) is 3.78. The summed E-state index contributed by atoms with van der Waals surface area (Å²) in [7, 11) is 0. The molecule has 0 unspecified atom stereocenters. The number of aromatic hydroxyl groups is 1. The number of nitrogens with one attached hydrogen (secondary N) is 1. The molecule has 0 fully saturated rings. The van der Waals surface area contributed by atoms with Gasteiger partial charge in [0.15, 0.2) is 5.75 Å². The summed E-state index contributed by atoms with van der Waals surface area (Å²) in [6, 6.07) is 20.3. The number of phenolic OH excluding ortho intramolecular Hbond substituents is 1. The van der Waals surface area contributed by atoms with Crippen molar-refractivity contribution in [3.05, 3.63) is 99.6 Å². The zero-order chi connectivity index (χ0) is 21.8. The number of rotatable bonds is 6. The van der Waals surface area contributed by atoms with Gasteiger partial charge in [-0.2, -0.15) is 0 Å². The Labute approximate surface area is 178 Å². The van der Waals surface area contributed by atoms with E-state index in [1.807, 2.05) is 24.3 Å². The average Bonchev–Trinajstić information content (AvgIpc) is 3.10. The van der Waals surface area contributed by atoms with Crippen LogP contribution in [0.4, 0.5) is 10.5 Å². The fraction of sp³-hybridized carbons (Fsp3) is 0.125. The zero-order valence-corrected chi connectivity index (χ0v) is 16.5. The first-order valence-electron chi connectivity index (χ1n) is 9.77. The molecule has 0 radical (unpaired) electrons. The minimum absolute atomic E-state index is 0.00811. The number of nitrogens with zero attached hydrogens (tertiary/aromatic N) is 1. The normalized spacial score (nSPS) is 12.4. The van der Waals surface area contributed by atoms with Crippen LogP contribution in [-0.2, 0) is 4.74 Å². The van der Waals surface area contributed by atoms with E-state index in [4.69, 9.17) is 4.74 Å². The lowest BCUT2D eigenvalue weighted by atomic mass is 9.98. The monoisotopic (exact) mass is 416 g/mol. The van der Waals surface area contributed by atoms with Crippen molar-refractivity contribution in [1.82, 2.24) is 5.32 Å². The number of nitro benzene ring substituents is 1. The highest BCUT2D eigenvalue weighted by Crippen LogP contribution is 2.44. The van der Waals surface area contributed by atoms with Crippen LogP contribution in [0.1, 0.15) is 22.6 Å². The van der Waals surface area contributed by atoms with E-state index < -0.39 is 11.0 Å². The second-order valence-electron chi connectivity index (χ2n) is 7.11. The number of benzene rings is 3. The summed E-state index contributed by atoms with van der Waals surface area (Å²) in [5, 5.41) is 23.0. The van der Waals surface area contributed by atoms with Crippen molar-refractivity contribution in [1.29, 1.82) is 0 Å². The molecule has 0 heterocycles. The number of fused-ring (bicyclic) bond motifs is 3. The Bertz CT molecular complexity index is 1130. The highest BCUT2D eigenvalue weighted by atomic mass is 16.6. The van der Waals surface area contributed by atoms with Crippen molar-refractivity contribution < 1.29 is 19.6 Å². The smallest absolute Gasteiger partial charge is 0.407 e. The molecule has 0 aliphatic heterocycles. The molecule has 7 nitrogen and oxygen atoms in total. The first-order chi connectivity index (χ1) is 15.0. The van der Waals surface area contributed by atoms with E-state index in [-0.39, 0.29) is 30.5 Å². The van der Waals surface area contributed by atoms with Gasteiger partial charge in [-0.25, -0.2) is 4.79 Å². The maximum atomic E-state index is 12.1. The molecule has 156 valence electrons. The van der Waals surface area contributed by atoms with E-state index in [9.17, 15) is 20.0 Å². The predicted octanol–water partition coefficient (Wildman–Crippen LogP) is 4.85. The van der Waals surface area contributed by atoms with Crippen LogP contribution in [0.3, 0.4) is 0 Å². The van der Waals surface area contributed by atoms with Crippen molar-refractivity contribution in [3.8, 4) is 16.9 Å². The number of amides is 1. The summed E-state index contributed by atoms with van der Waals surface area (Å²) in [4.78, 5) is 22.4. The molecule has 1 aliphatic rings. The third-order valence-electron chi connectivity index (χ3n) is 5.21. The third kappa shape index (κ3) is 4.25. The molecule has 1 aliphatic carbocycles. The molecule has 0 saturated heterocycles. The van der Waals surface area contributed by atoms with Crippen molar-refractivity contribution in [2.75, 3.05) is 13.2 Å². The standard InChI is InChI=1S/C24H20N2O5/c27-23-12-11-16(14-22(23)26(29)30)6-5-13-25-24(28)31-15-21-19-9-3-1-7-17(19)18-8-2-4-10-20(18)21/h1-12,14,21,27H,13,15H2,(H,25,28). The average molecular weight is 416 g/mol. The van der Waals surface area contributed by atoms with Gasteiger partial charge in [0.05, 0.1) is 4.92 Å². The maximum Gasteiger partial charge on any atom is 0.407 e. The number of nitro groups is 1. The molecule has 7 heteroatoms. The number of alkyl carbamates (subject to hydrolysis) is 1. The molecule has 0 saturated carbocycles. The molecule has 3 aromatic rings. The molecule has 0 bridgehead atoms. The number of hydrogen-bond donors (Lipinski definition) is 2. The number of carbonyl (C=O) groups is 1. The van der Waals surface area contributed by atoms with Gasteiger partial charge in [-0.3, -0.25) is 10.1 Å². The molecule has 0 spiro atoms. The van der Waals surface area contributed by atoms with E-state index in [1.54, 1.807) is 18.2 Å². The van der Waals surface area contributed by atoms with Gasteiger partial charge in [0, 0.05) is 18.5 Å². The minimum Gasteiger partial charge on any atom is -0.502 e. The van der Waals surface area contributed by atoms with Crippen molar-refractivity contribution >= 4 is 17.9 Å². The Morgan fingerprint density at radius 1 is 1.06 bits per heavy atom. The Morgan fingerprint density at radius 3 is 2.35 bits per heavy atom. The summed E-state index contributed by atoms with van der Waals surface area (Å²) in [5.41, 5.74) is 4.79. The van der Waals surface area contributed by atoms with Crippen LogP contribution >= 0.6 is 0 Å². The third-order valence-corrected chi connectivity index (χ3v) is 5.21. The molecular weight excluding hydrogens is 396 g/mol. The highest BCUT2D eigenvalue weighted by Gasteiger charge is 2.28. The Kier molecular flexibility index (Phi) is 5.66. The van der Waals surface area contributed by atoms with Gasteiger partial charge in [0.25, 0.3) is 0 Å². The molecule has 1 amide bonds. The lowest BCUT2D eigenvalue weighted by Gasteiger charge is -2.14. The van der Waals surface area contributed by atoms with Crippen LogP contribution in [0, 0.1) is 10.1 Å². The van der Waals surface area contributed by atoms with E-state index in [0.717, 1.165) is 22.3 Å².